The van der Waals surface area contributed by atoms with Gasteiger partial charge in [0.2, 0.25) is 0 Å². The van der Waals surface area contributed by atoms with Crippen molar-refractivity contribution in [3.8, 4) is 0 Å². The Morgan fingerprint density at radius 3 is 1.96 bits per heavy atom. The zero-order valence-electron chi connectivity index (χ0n) is 17.1. The van der Waals surface area contributed by atoms with Crippen molar-refractivity contribution in [2.24, 2.45) is 5.73 Å². The van der Waals surface area contributed by atoms with Gasteiger partial charge in [-0.05, 0) is 28.1 Å². The Balaban J connectivity index is 3.09. The first-order valence-electron chi connectivity index (χ1n) is 9.62. The second kappa shape index (κ2) is 8.99. The highest BCUT2D eigenvalue weighted by molar-refractivity contribution is 6.80. The number of carbonyl (C=O) groups excluding carboxylic acids is 1. The molecule has 0 spiro atoms. The topological polar surface area (TPSA) is 52.3 Å². The monoisotopic (exact) mass is 363 g/mol. The summed E-state index contributed by atoms with van der Waals surface area (Å²) in [6.07, 6.45) is 2.57. The van der Waals surface area contributed by atoms with E-state index in [4.69, 9.17) is 10.2 Å². The van der Waals surface area contributed by atoms with Crippen LogP contribution in [0.3, 0.4) is 0 Å². The maximum Gasteiger partial charge on any atom is 0.310 e. The van der Waals surface area contributed by atoms with Crippen LogP contribution in [0, 0.1) is 0 Å². The van der Waals surface area contributed by atoms with Gasteiger partial charge in [-0.25, -0.2) is 0 Å². The lowest BCUT2D eigenvalue weighted by molar-refractivity contribution is -0.137. The molecule has 3 nitrogen and oxygen atoms in total. The molecule has 0 heterocycles. The first kappa shape index (κ1) is 21.9. The minimum atomic E-state index is -2.38. The molecule has 3 atom stereocenters. The van der Waals surface area contributed by atoms with Crippen molar-refractivity contribution in [2.75, 3.05) is 0 Å². The number of nitrogens with two attached hydrogens (primary N) is 1. The lowest BCUT2D eigenvalue weighted by Crippen LogP contribution is -2.57. The summed E-state index contributed by atoms with van der Waals surface area (Å²) in [5.41, 5.74) is 8.10. The second-order valence-corrected chi connectivity index (χ2v) is 13.6. The minimum Gasteiger partial charge on any atom is -0.517 e. The molecule has 0 aliphatic carbocycles. The maximum atomic E-state index is 12.9. The van der Waals surface area contributed by atoms with Gasteiger partial charge in [0.15, 0.2) is 0 Å². The molecular weight excluding hydrogens is 326 g/mol. The van der Waals surface area contributed by atoms with Gasteiger partial charge >= 0.3 is 5.97 Å². The summed E-state index contributed by atoms with van der Waals surface area (Å²) >= 11 is 0. The number of carbonyl (C=O) groups is 1. The molecule has 0 saturated carbocycles. The molecule has 0 aliphatic rings. The first-order chi connectivity index (χ1) is 11.6. The molecule has 0 aliphatic heterocycles. The zero-order valence-corrected chi connectivity index (χ0v) is 18.1. The number of hydrogen-bond acceptors (Lipinski definition) is 3. The molecule has 1 aromatic carbocycles. The van der Waals surface area contributed by atoms with Crippen LogP contribution in [0.5, 0.6) is 0 Å². The van der Waals surface area contributed by atoms with E-state index in [9.17, 15) is 4.79 Å². The van der Waals surface area contributed by atoms with Gasteiger partial charge in [0.05, 0.1) is 0 Å². The van der Waals surface area contributed by atoms with Gasteiger partial charge in [-0.2, -0.15) is 0 Å². The second-order valence-electron chi connectivity index (χ2n) is 8.38. The Morgan fingerprint density at radius 1 is 1.08 bits per heavy atom. The third-order valence-electron chi connectivity index (χ3n) is 5.73. The van der Waals surface area contributed by atoms with Crippen molar-refractivity contribution in [1.29, 1.82) is 0 Å². The summed E-state index contributed by atoms with van der Waals surface area (Å²) in [6, 6.07) is 9.32. The largest absolute Gasteiger partial charge is 0.517 e. The summed E-state index contributed by atoms with van der Waals surface area (Å²) in [4.78, 5) is 12.9. The Bertz CT molecular complexity index is 529. The lowest BCUT2D eigenvalue weighted by atomic mass is 10.1. The van der Waals surface area contributed by atoms with Gasteiger partial charge in [0.25, 0.3) is 8.32 Å². The molecular formula is C21H37NO2Si. The number of rotatable bonds is 8. The van der Waals surface area contributed by atoms with E-state index in [0.29, 0.717) is 17.5 Å². The van der Waals surface area contributed by atoms with Crippen LogP contribution in [0.2, 0.25) is 16.1 Å². The molecule has 1 aromatic rings. The van der Waals surface area contributed by atoms with E-state index in [2.05, 4.69) is 48.5 Å². The highest BCUT2D eigenvalue weighted by atomic mass is 28.4. The van der Waals surface area contributed by atoms with E-state index >= 15 is 0 Å². The van der Waals surface area contributed by atoms with Gasteiger partial charge in [-0.3, -0.25) is 4.79 Å². The van der Waals surface area contributed by atoms with Crippen LogP contribution in [0.1, 0.15) is 66.9 Å². The predicted molar refractivity (Wildman–Crippen MR) is 109 cm³/mol. The minimum absolute atomic E-state index is 0.0278. The van der Waals surface area contributed by atoms with E-state index in [0.717, 1.165) is 18.4 Å². The van der Waals surface area contributed by atoms with Crippen molar-refractivity contribution >= 4 is 14.3 Å². The summed E-state index contributed by atoms with van der Waals surface area (Å²) in [5, 5.41) is -0.0278. The molecule has 0 saturated heterocycles. The SMILES string of the molecule is CCC(C)[Si](OC(=O)[C@@H](N)Cc1ccccc1)(C(C)CC)C(C)(C)C. The van der Waals surface area contributed by atoms with Crippen LogP contribution < -0.4 is 5.73 Å². The first-order valence-corrected chi connectivity index (χ1v) is 11.7. The Hall–Kier alpha value is -1.13. The third kappa shape index (κ3) is 4.95. The highest BCUT2D eigenvalue weighted by Gasteiger charge is 2.56. The lowest BCUT2D eigenvalue weighted by Gasteiger charge is -2.49. The van der Waals surface area contributed by atoms with Gasteiger partial charge in [0.1, 0.15) is 6.04 Å². The summed E-state index contributed by atoms with van der Waals surface area (Å²) in [7, 11) is -2.38. The van der Waals surface area contributed by atoms with Crippen LogP contribution >= 0.6 is 0 Å². The zero-order chi connectivity index (χ0) is 19.3. The van der Waals surface area contributed by atoms with E-state index < -0.39 is 14.4 Å². The van der Waals surface area contributed by atoms with Crippen LogP contribution in [-0.4, -0.2) is 20.3 Å². The average molecular weight is 364 g/mol. The van der Waals surface area contributed by atoms with Gasteiger partial charge in [0, 0.05) is 0 Å². The standard InChI is InChI=1S/C21H37NO2Si/c1-8-16(3)25(17(4)9-2,21(5,6)7)24-20(23)19(22)15-18-13-11-10-12-14-18/h10-14,16-17,19H,8-9,15,22H2,1-7H3/t16?,17?,19-,25?/m0/s1. The normalized spacial score (nSPS) is 18.1. The Labute approximate surface area is 155 Å². The van der Waals surface area contributed by atoms with Crippen molar-refractivity contribution in [1.82, 2.24) is 0 Å². The van der Waals surface area contributed by atoms with Crippen molar-refractivity contribution in [3.05, 3.63) is 35.9 Å². The van der Waals surface area contributed by atoms with Crippen LogP contribution in [0.25, 0.3) is 0 Å². The molecule has 0 radical (unpaired) electrons. The average Bonchev–Trinajstić information content (AvgIpc) is 2.57. The van der Waals surface area contributed by atoms with E-state index in [1.807, 2.05) is 30.3 Å². The molecule has 25 heavy (non-hydrogen) atoms. The summed E-state index contributed by atoms with van der Waals surface area (Å²) in [6.45, 7) is 15.6. The maximum absolute atomic E-state index is 12.9. The predicted octanol–water partition coefficient (Wildman–Crippen LogP) is 5.45. The van der Waals surface area contributed by atoms with Crippen LogP contribution in [0.15, 0.2) is 30.3 Å². The van der Waals surface area contributed by atoms with Gasteiger partial charge < -0.3 is 10.2 Å². The summed E-state index contributed by atoms with van der Waals surface area (Å²) < 4.78 is 6.42. The molecule has 0 fully saturated rings. The Kier molecular flexibility index (Phi) is 7.88. The van der Waals surface area contributed by atoms with Gasteiger partial charge in [-0.15, -0.1) is 0 Å². The summed E-state index contributed by atoms with van der Waals surface area (Å²) in [5.74, 6) is -0.231. The van der Waals surface area contributed by atoms with Gasteiger partial charge in [-0.1, -0.05) is 91.6 Å². The van der Waals surface area contributed by atoms with Crippen molar-refractivity contribution in [2.45, 2.75) is 89.9 Å². The fourth-order valence-corrected chi connectivity index (χ4v) is 10.5. The van der Waals surface area contributed by atoms with Crippen LogP contribution in [0.4, 0.5) is 0 Å². The third-order valence-corrected chi connectivity index (χ3v) is 12.4. The molecule has 0 aromatic heterocycles. The smallest absolute Gasteiger partial charge is 0.310 e. The molecule has 2 unspecified atom stereocenters. The number of hydrogen-bond donors (Lipinski definition) is 1. The fraction of sp³-hybridized carbons (Fsp3) is 0.667. The van der Waals surface area contributed by atoms with Crippen molar-refractivity contribution < 1.29 is 9.22 Å². The van der Waals surface area contributed by atoms with E-state index in [1.165, 1.54) is 0 Å². The molecule has 2 N–H and O–H groups in total. The molecule has 4 heteroatoms. The molecule has 0 bridgehead atoms. The molecule has 1 rings (SSSR count). The quantitative estimate of drug-likeness (QED) is 0.625. The Morgan fingerprint density at radius 2 is 1.56 bits per heavy atom. The van der Waals surface area contributed by atoms with E-state index in [1.54, 1.807) is 0 Å². The highest BCUT2D eigenvalue weighted by Crippen LogP contribution is 2.53. The molecule has 0 amide bonds. The fourth-order valence-electron chi connectivity index (χ4n) is 4.12. The van der Waals surface area contributed by atoms with E-state index in [-0.39, 0.29) is 11.0 Å². The molecule has 142 valence electrons. The van der Waals surface area contributed by atoms with Crippen LogP contribution in [-0.2, 0) is 15.6 Å². The van der Waals surface area contributed by atoms with Crippen molar-refractivity contribution in [3.63, 3.8) is 0 Å². The number of benzene rings is 1.